The molecule has 2 fully saturated rings. The molecule has 0 spiro atoms. The maximum Gasteiger partial charge on any atom is 0.186 e. The van der Waals surface area contributed by atoms with Gasteiger partial charge >= 0.3 is 0 Å². The highest BCUT2D eigenvalue weighted by atomic mass is 16.7. The van der Waals surface area contributed by atoms with Crippen molar-refractivity contribution in [1.82, 2.24) is 19.5 Å². The number of fused-ring (bicyclic) bond motifs is 1. The van der Waals surface area contributed by atoms with Crippen LogP contribution in [-0.4, -0.2) is 112 Å². The highest BCUT2D eigenvalue weighted by Gasteiger charge is 2.47. The first-order chi connectivity index (χ1) is 14.3. The molecule has 9 atom stereocenters. The quantitative estimate of drug-likeness (QED) is 0.240. The summed E-state index contributed by atoms with van der Waals surface area (Å²) in [4.78, 5) is 12.0. The molecular formula is C16H23N5O9. The molecular weight excluding hydrogens is 406 g/mol. The number of rotatable bonds is 5. The number of imidazole rings is 1. The molecule has 2 aliphatic heterocycles. The highest BCUT2D eigenvalue weighted by Crippen LogP contribution is 2.32. The minimum absolute atomic E-state index is 0.147. The van der Waals surface area contributed by atoms with Gasteiger partial charge in [-0.1, -0.05) is 0 Å². The van der Waals surface area contributed by atoms with Crippen molar-refractivity contribution in [3.8, 4) is 0 Å². The first-order valence-electron chi connectivity index (χ1n) is 9.20. The number of nitrogens with two attached hydrogens (primary N) is 1. The number of hydrogen-bond donors (Lipinski definition) is 7. The summed E-state index contributed by atoms with van der Waals surface area (Å²) in [5.74, 6) is 0.147. The lowest BCUT2D eigenvalue weighted by atomic mass is 9.99. The second-order valence-corrected chi connectivity index (χ2v) is 7.16. The summed E-state index contributed by atoms with van der Waals surface area (Å²) in [7, 11) is 0. The van der Waals surface area contributed by atoms with Gasteiger partial charge in [0.25, 0.3) is 0 Å². The van der Waals surface area contributed by atoms with Crippen molar-refractivity contribution in [2.75, 3.05) is 18.9 Å². The Bertz CT molecular complexity index is 882. The van der Waals surface area contributed by atoms with Crippen molar-refractivity contribution in [3.05, 3.63) is 12.7 Å². The van der Waals surface area contributed by atoms with Gasteiger partial charge in [0, 0.05) is 0 Å². The van der Waals surface area contributed by atoms with Crippen molar-refractivity contribution < 1.29 is 44.8 Å². The molecule has 166 valence electrons. The predicted molar refractivity (Wildman–Crippen MR) is 95.4 cm³/mol. The Morgan fingerprint density at radius 3 is 2.40 bits per heavy atom. The van der Waals surface area contributed by atoms with E-state index in [0.717, 1.165) is 0 Å². The van der Waals surface area contributed by atoms with Crippen LogP contribution >= 0.6 is 0 Å². The minimum atomic E-state index is -1.60. The van der Waals surface area contributed by atoms with Crippen LogP contribution in [0.3, 0.4) is 0 Å². The molecule has 2 saturated heterocycles. The van der Waals surface area contributed by atoms with Crippen LogP contribution in [0.2, 0.25) is 0 Å². The average Bonchev–Trinajstić information content (AvgIpc) is 3.28. The number of aromatic nitrogens is 4. The molecule has 4 rings (SSSR count). The summed E-state index contributed by atoms with van der Waals surface area (Å²) in [5.41, 5.74) is 6.36. The molecule has 14 nitrogen and oxygen atoms in total. The second-order valence-electron chi connectivity index (χ2n) is 7.16. The lowest BCUT2D eigenvalue weighted by molar-refractivity contribution is -0.306. The van der Waals surface area contributed by atoms with E-state index in [1.165, 1.54) is 17.2 Å². The van der Waals surface area contributed by atoms with Crippen LogP contribution < -0.4 is 5.73 Å². The third-order valence-corrected chi connectivity index (χ3v) is 5.27. The van der Waals surface area contributed by atoms with Gasteiger partial charge in [-0.3, -0.25) is 4.57 Å². The third kappa shape index (κ3) is 3.51. The molecule has 0 aliphatic carbocycles. The fourth-order valence-corrected chi connectivity index (χ4v) is 3.55. The van der Waals surface area contributed by atoms with Gasteiger partial charge in [-0.15, -0.1) is 0 Å². The first kappa shape index (κ1) is 21.2. The van der Waals surface area contributed by atoms with Crippen LogP contribution in [0.5, 0.6) is 0 Å². The standard InChI is InChI=1S/C16H23N5O9/c17-13-7-14(19-3-18-13)21(4-20-7)15-11(26)9(24)6(29-15)2-28-16-12(27)10(25)8(23)5(1-22)30-16/h3-6,8-12,15-16,22-27H,1-2H2,(H2,17,18,19)/t5-,6-,8+,9-,10+,11-,12-,15-,16-/m1/s1. The van der Waals surface area contributed by atoms with Crippen LogP contribution in [0, 0.1) is 0 Å². The maximum atomic E-state index is 10.4. The molecule has 0 bridgehead atoms. The molecule has 14 heteroatoms. The van der Waals surface area contributed by atoms with Crippen molar-refractivity contribution in [3.63, 3.8) is 0 Å². The van der Waals surface area contributed by atoms with E-state index in [2.05, 4.69) is 15.0 Å². The summed E-state index contributed by atoms with van der Waals surface area (Å²) in [6, 6.07) is 0. The molecule has 0 amide bonds. The van der Waals surface area contributed by atoms with E-state index in [1.54, 1.807) is 0 Å². The molecule has 30 heavy (non-hydrogen) atoms. The Kier molecular flexibility index (Phi) is 5.84. The fourth-order valence-electron chi connectivity index (χ4n) is 3.55. The maximum absolute atomic E-state index is 10.4. The smallest absolute Gasteiger partial charge is 0.186 e. The molecule has 0 aromatic carbocycles. The number of aliphatic hydroxyl groups excluding tert-OH is 6. The van der Waals surface area contributed by atoms with Gasteiger partial charge in [0.15, 0.2) is 24.0 Å². The predicted octanol–water partition coefficient (Wildman–Crippen LogP) is -4.16. The van der Waals surface area contributed by atoms with Gasteiger partial charge in [0.2, 0.25) is 0 Å². The van der Waals surface area contributed by atoms with Crippen molar-refractivity contribution in [2.45, 2.75) is 55.2 Å². The Morgan fingerprint density at radius 1 is 0.933 bits per heavy atom. The van der Waals surface area contributed by atoms with E-state index in [0.29, 0.717) is 11.2 Å². The Morgan fingerprint density at radius 2 is 1.67 bits per heavy atom. The molecule has 0 radical (unpaired) electrons. The van der Waals surface area contributed by atoms with Crippen molar-refractivity contribution in [2.24, 2.45) is 0 Å². The number of hydrogen-bond acceptors (Lipinski definition) is 13. The monoisotopic (exact) mass is 429 g/mol. The number of anilines is 1. The lowest BCUT2D eigenvalue weighted by Gasteiger charge is -2.39. The summed E-state index contributed by atoms with van der Waals surface area (Å²) in [6.45, 7) is -0.936. The molecule has 0 unspecified atom stereocenters. The molecule has 2 aromatic heterocycles. The molecule has 2 aromatic rings. The topological polar surface area (TPSA) is 219 Å². The van der Waals surface area contributed by atoms with E-state index in [9.17, 15) is 30.6 Å². The largest absolute Gasteiger partial charge is 0.394 e. The molecule has 8 N–H and O–H groups in total. The van der Waals surface area contributed by atoms with Crippen LogP contribution in [0.25, 0.3) is 11.2 Å². The van der Waals surface area contributed by atoms with Gasteiger partial charge in [0.1, 0.15) is 54.6 Å². The number of aliphatic hydroxyl groups is 6. The summed E-state index contributed by atoms with van der Waals surface area (Å²) in [5, 5.41) is 59.7. The zero-order valence-corrected chi connectivity index (χ0v) is 15.5. The van der Waals surface area contributed by atoms with Crippen LogP contribution in [0.4, 0.5) is 5.82 Å². The number of ether oxygens (including phenoxy) is 3. The van der Waals surface area contributed by atoms with Gasteiger partial charge < -0.3 is 50.6 Å². The summed E-state index contributed by atoms with van der Waals surface area (Å²) < 4.78 is 17.7. The summed E-state index contributed by atoms with van der Waals surface area (Å²) in [6.07, 6.45) is -9.48. The van der Waals surface area contributed by atoms with Crippen molar-refractivity contribution >= 4 is 17.0 Å². The van der Waals surface area contributed by atoms with Gasteiger partial charge in [-0.2, -0.15) is 0 Å². The zero-order chi connectivity index (χ0) is 21.6. The normalized spacial score (nSPS) is 39.6. The molecule has 0 saturated carbocycles. The Hall–Kier alpha value is -2.01. The highest BCUT2D eigenvalue weighted by molar-refractivity contribution is 5.81. The Labute approximate surface area is 169 Å². The SMILES string of the molecule is Nc1ncnc2c1ncn2[C@@H]1O[C@H](CO[C@@H]2O[C@H](CO)[C@H](O)[C@H](O)[C@H]2O)[C@@H](O)[C@H]1O. The van der Waals surface area contributed by atoms with Crippen molar-refractivity contribution in [1.29, 1.82) is 0 Å². The minimum Gasteiger partial charge on any atom is -0.394 e. The van der Waals surface area contributed by atoms with Crippen LogP contribution in [0.1, 0.15) is 6.23 Å². The van der Waals surface area contributed by atoms with E-state index in [4.69, 9.17) is 19.9 Å². The van der Waals surface area contributed by atoms with Crippen LogP contribution in [0.15, 0.2) is 12.7 Å². The average molecular weight is 429 g/mol. The van der Waals surface area contributed by atoms with Gasteiger partial charge in [-0.25, -0.2) is 15.0 Å². The third-order valence-electron chi connectivity index (χ3n) is 5.27. The second kappa shape index (κ2) is 8.26. The van der Waals surface area contributed by atoms with E-state index < -0.39 is 61.9 Å². The van der Waals surface area contributed by atoms with E-state index >= 15 is 0 Å². The first-order valence-corrected chi connectivity index (χ1v) is 9.20. The fraction of sp³-hybridized carbons (Fsp3) is 0.688. The molecule has 2 aliphatic rings. The molecule has 4 heterocycles. The number of nitrogens with zero attached hydrogens (tertiary/aromatic N) is 4. The van der Waals surface area contributed by atoms with E-state index in [1.807, 2.05) is 0 Å². The van der Waals surface area contributed by atoms with E-state index in [-0.39, 0.29) is 12.4 Å². The number of nitrogen functional groups attached to an aromatic ring is 1. The summed E-state index contributed by atoms with van der Waals surface area (Å²) >= 11 is 0. The van der Waals surface area contributed by atoms with Crippen LogP contribution in [-0.2, 0) is 14.2 Å². The van der Waals surface area contributed by atoms with Gasteiger partial charge in [0.05, 0.1) is 19.5 Å². The lowest BCUT2D eigenvalue weighted by Crippen LogP contribution is -2.59. The Balaban J connectivity index is 1.45. The van der Waals surface area contributed by atoms with Gasteiger partial charge in [-0.05, 0) is 0 Å². The zero-order valence-electron chi connectivity index (χ0n) is 15.5.